The molecule has 0 unspecified atom stereocenters. The zero-order valence-electron chi connectivity index (χ0n) is 30.0. The number of carbonyl (C=O) groups excluding carboxylic acids is 4. The highest BCUT2D eigenvalue weighted by Gasteiger charge is 2.26. The van der Waals surface area contributed by atoms with Crippen molar-refractivity contribution in [1.29, 1.82) is 10.5 Å². The van der Waals surface area contributed by atoms with Crippen LogP contribution in [0.3, 0.4) is 0 Å². The Morgan fingerprint density at radius 3 is 1.63 bits per heavy atom. The van der Waals surface area contributed by atoms with Gasteiger partial charge >= 0.3 is 12.1 Å². The topological polar surface area (TPSA) is 232 Å². The molecule has 2 fully saturated rings. The van der Waals surface area contributed by atoms with E-state index in [9.17, 15) is 29.3 Å². The van der Waals surface area contributed by atoms with Crippen LogP contribution in [0.5, 0.6) is 0 Å². The van der Waals surface area contributed by atoms with Crippen LogP contribution in [0.25, 0.3) is 0 Å². The monoisotopic (exact) mass is 783 g/mol. The molecule has 2 aromatic carbocycles. The maximum atomic E-state index is 12.4. The number of nitro benzene ring substituents is 1. The largest absolute Gasteiger partial charge is 0.378 e. The van der Waals surface area contributed by atoms with Gasteiger partial charge in [-0.2, -0.15) is 34.0 Å². The van der Waals surface area contributed by atoms with Crippen molar-refractivity contribution in [2.75, 3.05) is 77.2 Å². The lowest BCUT2D eigenvalue weighted by Gasteiger charge is -2.29. The number of carbonyl (C=O) groups is 4. The van der Waals surface area contributed by atoms with Gasteiger partial charge in [-0.15, -0.1) is 0 Å². The first-order valence-electron chi connectivity index (χ1n) is 17.1. The highest BCUT2D eigenvalue weighted by molar-refractivity contribution is 7.98. The Hall–Kier alpha value is -5.08. The van der Waals surface area contributed by atoms with Gasteiger partial charge in [0, 0.05) is 60.8 Å². The van der Waals surface area contributed by atoms with Gasteiger partial charge in [-0.1, -0.05) is 42.5 Å². The molecule has 54 heavy (non-hydrogen) atoms. The van der Waals surface area contributed by atoms with E-state index in [1.807, 2.05) is 37.3 Å². The molecule has 2 saturated heterocycles. The van der Waals surface area contributed by atoms with E-state index in [0.29, 0.717) is 69.7 Å². The zero-order valence-corrected chi connectivity index (χ0v) is 31.6. The molecule has 2 atom stereocenters. The van der Waals surface area contributed by atoms with E-state index in [4.69, 9.17) is 20.0 Å². The summed E-state index contributed by atoms with van der Waals surface area (Å²) in [5, 5.41) is 38.8. The minimum atomic E-state index is -0.864. The van der Waals surface area contributed by atoms with Crippen LogP contribution in [0.15, 0.2) is 48.5 Å². The Morgan fingerprint density at radius 2 is 1.19 bits per heavy atom. The summed E-state index contributed by atoms with van der Waals surface area (Å²) in [4.78, 5) is 63.2. The summed E-state index contributed by atoms with van der Waals surface area (Å²) in [6.45, 7) is 5.56. The summed E-state index contributed by atoms with van der Waals surface area (Å²) in [7, 11) is 0. The van der Waals surface area contributed by atoms with E-state index in [0.717, 1.165) is 5.75 Å². The fourth-order valence-electron chi connectivity index (χ4n) is 5.04. The van der Waals surface area contributed by atoms with Gasteiger partial charge in [0.25, 0.3) is 5.69 Å². The number of benzene rings is 2. The van der Waals surface area contributed by atoms with Gasteiger partial charge in [-0.05, 0) is 18.1 Å². The summed E-state index contributed by atoms with van der Waals surface area (Å²) in [6.07, 6.45) is 0. The first kappa shape index (κ1) is 43.3. The van der Waals surface area contributed by atoms with Crippen LogP contribution >= 0.6 is 23.5 Å². The minimum absolute atomic E-state index is 0.0119. The summed E-state index contributed by atoms with van der Waals surface area (Å²) in [5.74, 6) is 0.888. The normalized spacial score (nSPS) is 14.8. The lowest BCUT2D eigenvalue weighted by atomic mass is 10.1. The number of aryl methyl sites for hydroxylation is 1. The molecule has 0 aliphatic carbocycles. The summed E-state index contributed by atoms with van der Waals surface area (Å²) in [5.41, 5.74) is 2.95. The molecule has 0 saturated carbocycles. The number of hydrogen-bond donors (Lipinski definition) is 4. The first-order chi connectivity index (χ1) is 26.1. The molecule has 4 rings (SSSR count). The summed E-state index contributed by atoms with van der Waals surface area (Å²) in [6, 6.07) is 15.9. The smallest absolute Gasteiger partial charge is 0.318 e. The molecule has 0 spiro atoms. The Morgan fingerprint density at radius 1 is 0.759 bits per heavy atom. The van der Waals surface area contributed by atoms with E-state index in [2.05, 4.69) is 27.3 Å². The molecule has 19 heteroatoms. The Labute approximate surface area is 322 Å². The molecular weight excluding hydrogens is 739 g/mol. The number of nitrogens with one attached hydrogen (secondary N) is 4. The Balaban J connectivity index is 0.000000291. The van der Waals surface area contributed by atoms with Crippen molar-refractivity contribution in [1.82, 2.24) is 31.1 Å². The molecule has 0 bridgehead atoms. The highest BCUT2D eigenvalue weighted by Crippen LogP contribution is 2.23. The second-order valence-electron chi connectivity index (χ2n) is 11.8. The number of nitrogens with zero attached hydrogens (tertiary/aromatic N) is 5. The minimum Gasteiger partial charge on any atom is -0.378 e. The fourth-order valence-corrected chi connectivity index (χ4v) is 7.22. The molecule has 2 aliphatic rings. The lowest BCUT2D eigenvalue weighted by molar-refractivity contribution is -0.385. The van der Waals surface area contributed by atoms with E-state index in [1.165, 1.54) is 29.0 Å². The standard InChI is InChI=1S/C18H24N4O3S.C17H21N5O5S/c1-14-4-2-3-5-15(14)12-26-13-16(17(23)20-7-6-19)21-18(24)22-8-10-25-11-9-22;18-5-6-19-16(23)14(20-17(24)21-7-9-27-10-8-21)12-28-11-13-3-1-2-4-15(13)22(25)26/h2-5,16H,7-13H2,1H3,(H,20,23)(H,21,24);1-4,14H,6-12H2,(H,19,23)(H,20,24)/t16-;14-/m00/s1. The number of nitriles is 2. The second-order valence-corrected chi connectivity index (χ2v) is 13.9. The first-order valence-corrected chi connectivity index (χ1v) is 19.4. The van der Waals surface area contributed by atoms with Gasteiger partial charge < -0.3 is 40.5 Å². The van der Waals surface area contributed by atoms with Crippen molar-refractivity contribution < 1.29 is 33.6 Å². The van der Waals surface area contributed by atoms with Crippen LogP contribution in [0.4, 0.5) is 15.3 Å². The number of urea groups is 2. The van der Waals surface area contributed by atoms with Gasteiger partial charge in [-0.3, -0.25) is 19.7 Å². The number of morpholine rings is 2. The van der Waals surface area contributed by atoms with E-state index in [1.54, 1.807) is 39.8 Å². The molecule has 6 amide bonds. The van der Waals surface area contributed by atoms with Crippen LogP contribution in [0.2, 0.25) is 0 Å². The quantitative estimate of drug-likeness (QED) is 0.116. The number of ether oxygens (including phenoxy) is 2. The van der Waals surface area contributed by atoms with Gasteiger partial charge in [-0.25, -0.2) is 9.59 Å². The van der Waals surface area contributed by atoms with Gasteiger partial charge in [0.1, 0.15) is 25.2 Å². The number of amides is 6. The number of thioether (sulfide) groups is 2. The molecule has 0 radical (unpaired) electrons. The van der Waals surface area contributed by atoms with Gasteiger partial charge in [0.05, 0.1) is 43.5 Å². The SMILES string of the molecule is Cc1ccccc1CSC[C@H](NC(=O)N1CCOCC1)C(=O)NCC#N.N#CCNC(=O)[C@H](CSCc1ccccc1[N+](=O)[O-])NC(=O)N1CCOCC1. The maximum Gasteiger partial charge on any atom is 0.318 e. The predicted octanol–water partition coefficient (Wildman–Crippen LogP) is 2.16. The number of nitro groups is 1. The third-order valence-electron chi connectivity index (χ3n) is 8.04. The Kier molecular flexibility index (Phi) is 19.5. The van der Waals surface area contributed by atoms with Gasteiger partial charge in [0.2, 0.25) is 11.8 Å². The zero-order chi connectivity index (χ0) is 39.1. The van der Waals surface area contributed by atoms with Crippen molar-refractivity contribution in [3.05, 3.63) is 75.3 Å². The third kappa shape index (κ3) is 15.1. The van der Waals surface area contributed by atoms with Crippen LogP contribution in [-0.2, 0) is 30.6 Å². The third-order valence-corrected chi connectivity index (χ3v) is 10.2. The van der Waals surface area contributed by atoms with Crippen molar-refractivity contribution >= 4 is 53.1 Å². The Bertz CT molecular complexity index is 1640. The average molecular weight is 784 g/mol. The van der Waals surface area contributed by atoms with Crippen LogP contribution in [0, 0.1) is 39.7 Å². The highest BCUT2D eigenvalue weighted by atomic mass is 32.2. The molecule has 0 aromatic heterocycles. The van der Waals surface area contributed by atoms with Crippen molar-refractivity contribution in [3.8, 4) is 12.1 Å². The number of para-hydroxylation sites is 1. The van der Waals surface area contributed by atoms with Crippen LogP contribution < -0.4 is 21.3 Å². The average Bonchev–Trinajstić information content (AvgIpc) is 3.19. The van der Waals surface area contributed by atoms with Crippen LogP contribution in [-0.4, -0.2) is 128 Å². The van der Waals surface area contributed by atoms with Crippen molar-refractivity contribution in [2.24, 2.45) is 0 Å². The maximum absolute atomic E-state index is 12.4. The molecule has 2 aromatic rings. The fraction of sp³-hybridized carbons (Fsp3) is 0.486. The van der Waals surface area contributed by atoms with E-state index >= 15 is 0 Å². The second kappa shape index (κ2) is 24.3. The van der Waals surface area contributed by atoms with Crippen molar-refractivity contribution in [3.63, 3.8) is 0 Å². The molecule has 2 heterocycles. The number of hydrogen-bond acceptors (Lipinski definition) is 12. The molecule has 290 valence electrons. The summed E-state index contributed by atoms with van der Waals surface area (Å²) < 4.78 is 10.4. The molecule has 4 N–H and O–H groups in total. The predicted molar refractivity (Wildman–Crippen MR) is 203 cm³/mol. The van der Waals surface area contributed by atoms with E-state index in [-0.39, 0.29) is 42.5 Å². The van der Waals surface area contributed by atoms with Gasteiger partial charge in [0.15, 0.2) is 0 Å². The van der Waals surface area contributed by atoms with E-state index < -0.39 is 22.9 Å². The van der Waals surface area contributed by atoms with Crippen molar-refractivity contribution in [2.45, 2.75) is 30.5 Å². The van der Waals surface area contributed by atoms with Crippen LogP contribution in [0.1, 0.15) is 16.7 Å². The molecule has 2 aliphatic heterocycles. The lowest BCUT2D eigenvalue weighted by Crippen LogP contribution is -2.54. The molecular formula is C35H45N9O8S2. The summed E-state index contributed by atoms with van der Waals surface area (Å²) >= 11 is 2.87. The molecule has 17 nitrogen and oxygen atoms in total. The number of rotatable bonds is 15.